The van der Waals surface area contributed by atoms with Crippen LogP contribution in [-0.2, 0) is 16.1 Å². The zero-order chi connectivity index (χ0) is 26.1. The van der Waals surface area contributed by atoms with Crippen LogP contribution in [0.5, 0.6) is 0 Å². The molecule has 5 rings (SSSR count). The number of amides is 3. The molecule has 1 aliphatic rings. The Labute approximate surface area is 209 Å². The molecule has 12 nitrogen and oxygen atoms in total. The van der Waals surface area contributed by atoms with E-state index in [4.69, 9.17) is 5.73 Å². The number of hydrogen-bond acceptors (Lipinski definition) is 8. The summed E-state index contributed by atoms with van der Waals surface area (Å²) in [5, 5.41) is 14.9. The number of rotatable bonds is 6. The zero-order valence-corrected chi connectivity index (χ0v) is 19.7. The van der Waals surface area contributed by atoms with Gasteiger partial charge in [-0.3, -0.25) is 24.4 Å². The Morgan fingerprint density at radius 2 is 1.89 bits per heavy atom. The van der Waals surface area contributed by atoms with Gasteiger partial charge in [-0.05, 0) is 36.2 Å². The quantitative estimate of drug-likeness (QED) is 0.397. The SMILES string of the molecule is Cc1cnc(NC(=O)[C@@H]2C[C@@H](F)CN2C(=O)Cn2nc(C(N)=O)c3cc(-c4ccnnc4)ccc32)nc1. The summed E-state index contributed by atoms with van der Waals surface area (Å²) >= 11 is 0. The third-order valence-corrected chi connectivity index (χ3v) is 6.08. The lowest BCUT2D eigenvalue weighted by molar-refractivity contribution is -0.137. The summed E-state index contributed by atoms with van der Waals surface area (Å²) in [6, 6.07) is 5.94. The number of carbonyl (C=O) groups is 3. The summed E-state index contributed by atoms with van der Waals surface area (Å²) < 4.78 is 15.7. The van der Waals surface area contributed by atoms with Crippen molar-refractivity contribution >= 4 is 34.6 Å². The van der Waals surface area contributed by atoms with Gasteiger partial charge in [0.15, 0.2) is 5.69 Å². The summed E-state index contributed by atoms with van der Waals surface area (Å²) in [5.74, 6) is -1.82. The molecule has 0 radical (unpaired) electrons. The summed E-state index contributed by atoms with van der Waals surface area (Å²) in [4.78, 5) is 47.4. The molecule has 0 saturated carbocycles. The lowest BCUT2D eigenvalue weighted by Crippen LogP contribution is -2.44. The minimum atomic E-state index is -1.37. The minimum Gasteiger partial charge on any atom is -0.364 e. The number of halogens is 1. The molecule has 1 saturated heterocycles. The van der Waals surface area contributed by atoms with E-state index >= 15 is 0 Å². The van der Waals surface area contributed by atoms with Crippen molar-refractivity contribution in [1.82, 2.24) is 34.8 Å². The van der Waals surface area contributed by atoms with Crippen LogP contribution in [0.25, 0.3) is 22.0 Å². The molecule has 3 amide bonds. The molecule has 0 aliphatic carbocycles. The zero-order valence-electron chi connectivity index (χ0n) is 19.7. The molecule has 37 heavy (non-hydrogen) atoms. The molecule has 4 heterocycles. The maximum Gasteiger partial charge on any atom is 0.269 e. The van der Waals surface area contributed by atoms with Crippen molar-refractivity contribution in [1.29, 1.82) is 0 Å². The predicted octanol–water partition coefficient (Wildman–Crippen LogP) is 1.27. The number of nitrogens with one attached hydrogen (secondary N) is 1. The van der Waals surface area contributed by atoms with Crippen LogP contribution >= 0.6 is 0 Å². The van der Waals surface area contributed by atoms with Gasteiger partial charge in [0.1, 0.15) is 18.8 Å². The number of aromatic nitrogens is 6. The number of aryl methyl sites for hydroxylation is 1. The van der Waals surface area contributed by atoms with Gasteiger partial charge < -0.3 is 10.6 Å². The van der Waals surface area contributed by atoms with Gasteiger partial charge >= 0.3 is 0 Å². The Morgan fingerprint density at radius 1 is 1.11 bits per heavy atom. The molecule has 3 N–H and O–H groups in total. The van der Waals surface area contributed by atoms with Crippen LogP contribution in [-0.4, -0.2) is 71.3 Å². The van der Waals surface area contributed by atoms with Crippen LogP contribution in [0, 0.1) is 6.92 Å². The molecule has 4 aromatic rings. The average molecular weight is 503 g/mol. The Morgan fingerprint density at radius 3 is 2.59 bits per heavy atom. The molecule has 1 aromatic carbocycles. The first-order chi connectivity index (χ1) is 17.8. The second kappa shape index (κ2) is 9.68. The number of nitrogens with zero attached hydrogens (tertiary/aromatic N) is 7. The third-order valence-electron chi connectivity index (χ3n) is 6.08. The number of carbonyl (C=O) groups excluding carboxylic acids is 3. The average Bonchev–Trinajstić information content (AvgIpc) is 3.46. The van der Waals surface area contributed by atoms with Crippen molar-refractivity contribution in [3.05, 3.63) is 60.3 Å². The van der Waals surface area contributed by atoms with E-state index in [-0.39, 0.29) is 31.2 Å². The molecule has 1 aliphatic heterocycles. The molecule has 188 valence electrons. The lowest BCUT2D eigenvalue weighted by Gasteiger charge is -2.23. The number of alkyl halides is 1. The van der Waals surface area contributed by atoms with Gasteiger partial charge in [0.25, 0.3) is 5.91 Å². The Bertz CT molecular complexity index is 1490. The second-order valence-electron chi connectivity index (χ2n) is 8.70. The molecular formula is C24H22FN9O3. The van der Waals surface area contributed by atoms with Crippen LogP contribution in [0.15, 0.2) is 49.1 Å². The van der Waals surface area contributed by atoms with Gasteiger partial charge in [-0.15, -0.1) is 0 Å². The van der Waals surface area contributed by atoms with Crippen molar-refractivity contribution in [2.24, 2.45) is 5.73 Å². The highest BCUT2D eigenvalue weighted by atomic mass is 19.1. The smallest absolute Gasteiger partial charge is 0.269 e. The molecule has 2 atom stereocenters. The minimum absolute atomic E-state index is 0.0118. The highest BCUT2D eigenvalue weighted by Crippen LogP contribution is 2.27. The van der Waals surface area contributed by atoms with E-state index in [2.05, 4.69) is 30.6 Å². The maximum atomic E-state index is 14.3. The summed E-state index contributed by atoms with van der Waals surface area (Å²) in [6.45, 7) is 1.24. The predicted molar refractivity (Wildman–Crippen MR) is 130 cm³/mol. The standard InChI is InChI=1S/C24H22FN9O3/c1-13-8-27-24(28-9-13)31-23(37)19-7-16(25)11-33(19)20(35)12-34-18-3-2-14(15-4-5-29-30-10-15)6-17(18)21(32-34)22(26)36/h2-6,8-10,16,19H,7,11-12H2,1H3,(H2,26,36)(H,27,28,31,37)/t16-,19+/m1/s1. The van der Waals surface area contributed by atoms with Crippen LogP contribution in [0.2, 0.25) is 0 Å². The van der Waals surface area contributed by atoms with Gasteiger partial charge in [0, 0.05) is 29.8 Å². The fourth-order valence-electron chi connectivity index (χ4n) is 4.30. The molecule has 1 fully saturated rings. The van der Waals surface area contributed by atoms with Gasteiger partial charge in [-0.25, -0.2) is 14.4 Å². The molecule has 0 unspecified atom stereocenters. The van der Waals surface area contributed by atoms with Gasteiger partial charge in [0.05, 0.1) is 24.5 Å². The highest BCUT2D eigenvalue weighted by Gasteiger charge is 2.40. The van der Waals surface area contributed by atoms with Crippen molar-refractivity contribution in [2.75, 3.05) is 11.9 Å². The molecule has 0 spiro atoms. The van der Waals surface area contributed by atoms with Crippen LogP contribution in [0.4, 0.5) is 10.3 Å². The van der Waals surface area contributed by atoms with Crippen LogP contribution in [0.3, 0.4) is 0 Å². The fraction of sp³-hybridized carbons (Fsp3) is 0.250. The summed E-state index contributed by atoms with van der Waals surface area (Å²) in [5.41, 5.74) is 8.36. The van der Waals surface area contributed by atoms with E-state index in [1.807, 2.05) is 0 Å². The third kappa shape index (κ3) is 4.83. The monoisotopic (exact) mass is 503 g/mol. The number of benzene rings is 1. The van der Waals surface area contributed by atoms with Gasteiger partial charge in [0.2, 0.25) is 17.8 Å². The first kappa shape index (κ1) is 23.9. The van der Waals surface area contributed by atoms with Gasteiger partial charge in [-0.1, -0.05) is 6.07 Å². The molecular weight excluding hydrogens is 481 g/mol. The number of hydrogen-bond donors (Lipinski definition) is 2. The van der Waals surface area contributed by atoms with Crippen LogP contribution in [0.1, 0.15) is 22.5 Å². The highest BCUT2D eigenvalue weighted by molar-refractivity contribution is 6.05. The van der Waals surface area contributed by atoms with Crippen molar-refractivity contribution in [3.63, 3.8) is 0 Å². The van der Waals surface area contributed by atoms with E-state index in [9.17, 15) is 18.8 Å². The van der Waals surface area contributed by atoms with Crippen molar-refractivity contribution in [2.45, 2.75) is 32.1 Å². The van der Waals surface area contributed by atoms with E-state index in [1.54, 1.807) is 43.6 Å². The second-order valence-corrected chi connectivity index (χ2v) is 8.70. The Balaban J connectivity index is 1.40. The lowest BCUT2D eigenvalue weighted by atomic mass is 10.0. The number of fused-ring (bicyclic) bond motifs is 1. The van der Waals surface area contributed by atoms with Crippen LogP contribution < -0.4 is 11.1 Å². The van der Waals surface area contributed by atoms with E-state index in [0.717, 1.165) is 16.7 Å². The largest absolute Gasteiger partial charge is 0.364 e. The van der Waals surface area contributed by atoms with Gasteiger partial charge in [-0.2, -0.15) is 15.3 Å². The number of likely N-dealkylation sites (tertiary alicyclic amines) is 1. The maximum absolute atomic E-state index is 14.3. The normalized spacial score (nSPS) is 17.2. The first-order valence-corrected chi connectivity index (χ1v) is 11.4. The molecule has 3 aromatic heterocycles. The van der Waals surface area contributed by atoms with E-state index < -0.39 is 29.9 Å². The Kier molecular flexibility index (Phi) is 6.26. The number of primary amides is 1. The number of anilines is 1. The molecule has 0 bridgehead atoms. The summed E-state index contributed by atoms with van der Waals surface area (Å²) in [6.07, 6.45) is 4.67. The summed E-state index contributed by atoms with van der Waals surface area (Å²) in [7, 11) is 0. The van der Waals surface area contributed by atoms with Crippen molar-refractivity contribution in [3.8, 4) is 11.1 Å². The van der Waals surface area contributed by atoms with E-state index in [1.165, 1.54) is 22.0 Å². The Hall–Kier alpha value is -4.81. The first-order valence-electron chi connectivity index (χ1n) is 11.4. The molecule has 13 heteroatoms. The topological polar surface area (TPSA) is 162 Å². The van der Waals surface area contributed by atoms with Crippen molar-refractivity contribution < 1.29 is 18.8 Å². The fourth-order valence-corrected chi connectivity index (χ4v) is 4.30. The number of nitrogens with two attached hydrogens (primary N) is 1. The van der Waals surface area contributed by atoms with E-state index in [0.29, 0.717) is 10.9 Å².